The van der Waals surface area contributed by atoms with Crippen LogP contribution in [-0.4, -0.2) is 41.6 Å². The van der Waals surface area contributed by atoms with E-state index in [-0.39, 0.29) is 5.56 Å². The molecule has 1 saturated heterocycles. The van der Waals surface area contributed by atoms with E-state index in [1.165, 1.54) is 0 Å². The van der Waals surface area contributed by atoms with Gasteiger partial charge in [0.1, 0.15) is 11.4 Å². The van der Waals surface area contributed by atoms with Crippen LogP contribution >= 0.6 is 0 Å². The van der Waals surface area contributed by atoms with Gasteiger partial charge in [-0.25, -0.2) is 4.98 Å². The first-order valence-electron chi connectivity index (χ1n) is 7.37. The van der Waals surface area contributed by atoms with Gasteiger partial charge in [-0.1, -0.05) is 0 Å². The highest BCUT2D eigenvalue weighted by Gasteiger charge is 2.12. The van der Waals surface area contributed by atoms with Crippen molar-refractivity contribution in [3.63, 3.8) is 0 Å². The number of methoxy groups -OCH3 is 1. The number of likely N-dealkylation sites (tertiary alicyclic amines) is 1. The SMILES string of the molecule is COc1ccc2nc(CCN3CC[CH]CC3)c(=O)[nH]c2c1. The van der Waals surface area contributed by atoms with Crippen LogP contribution in [-0.2, 0) is 6.42 Å². The summed E-state index contributed by atoms with van der Waals surface area (Å²) in [6.45, 7) is 3.07. The van der Waals surface area contributed by atoms with Gasteiger partial charge < -0.3 is 14.6 Å². The van der Waals surface area contributed by atoms with E-state index < -0.39 is 0 Å². The van der Waals surface area contributed by atoms with Gasteiger partial charge in [0.2, 0.25) is 0 Å². The van der Waals surface area contributed by atoms with Gasteiger partial charge in [0.15, 0.2) is 0 Å². The number of H-pyrrole nitrogens is 1. The van der Waals surface area contributed by atoms with Gasteiger partial charge in [-0.15, -0.1) is 0 Å². The third-order valence-electron chi connectivity index (χ3n) is 3.93. The van der Waals surface area contributed by atoms with E-state index in [2.05, 4.69) is 21.3 Å². The fourth-order valence-corrected chi connectivity index (χ4v) is 2.69. The lowest BCUT2D eigenvalue weighted by Gasteiger charge is -2.25. The second kappa shape index (κ2) is 6.26. The molecule has 111 valence electrons. The highest BCUT2D eigenvalue weighted by molar-refractivity contribution is 5.75. The standard InChI is InChI=1S/C16H20N3O2/c1-21-12-5-6-13-15(11-12)18-16(20)14(17-13)7-10-19-8-3-2-4-9-19/h2,5-6,11H,3-4,7-10H2,1H3,(H,18,20). The van der Waals surface area contributed by atoms with E-state index in [9.17, 15) is 4.79 Å². The van der Waals surface area contributed by atoms with Crippen LogP contribution < -0.4 is 10.3 Å². The van der Waals surface area contributed by atoms with Gasteiger partial charge in [-0.3, -0.25) is 4.79 Å². The number of hydrogen-bond donors (Lipinski definition) is 1. The summed E-state index contributed by atoms with van der Waals surface area (Å²) in [4.78, 5) is 21.9. The molecule has 0 aliphatic carbocycles. The molecule has 0 unspecified atom stereocenters. The summed E-state index contributed by atoms with van der Waals surface area (Å²) in [5, 5.41) is 0. The lowest BCUT2D eigenvalue weighted by Crippen LogP contribution is -2.33. The minimum absolute atomic E-state index is 0.0978. The number of fused-ring (bicyclic) bond motifs is 1. The minimum Gasteiger partial charge on any atom is -0.497 e. The van der Waals surface area contributed by atoms with E-state index in [0.29, 0.717) is 12.1 Å². The molecule has 2 aromatic rings. The lowest BCUT2D eigenvalue weighted by atomic mass is 10.1. The number of hydrogen-bond acceptors (Lipinski definition) is 4. The molecule has 2 heterocycles. The Bertz CT molecular complexity index is 675. The largest absolute Gasteiger partial charge is 0.497 e. The molecular weight excluding hydrogens is 266 g/mol. The molecule has 5 nitrogen and oxygen atoms in total. The molecular formula is C16H20N3O2. The minimum atomic E-state index is -0.0978. The summed E-state index contributed by atoms with van der Waals surface area (Å²) >= 11 is 0. The van der Waals surface area contributed by atoms with E-state index >= 15 is 0 Å². The number of nitrogens with zero attached hydrogens (tertiary/aromatic N) is 2. The van der Waals surface area contributed by atoms with E-state index in [1.807, 2.05) is 12.1 Å². The van der Waals surface area contributed by atoms with Crippen LogP contribution in [0.4, 0.5) is 0 Å². The number of piperidine rings is 1. The van der Waals surface area contributed by atoms with Crippen LogP contribution in [0.3, 0.4) is 0 Å². The summed E-state index contributed by atoms with van der Waals surface area (Å²) in [5.74, 6) is 0.720. The molecule has 0 amide bonds. The normalized spacial score (nSPS) is 16.2. The molecule has 1 fully saturated rings. The first-order valence-corrected chi connectivity index (χ1v) is 7.37. The molecule has 0 bridgehead atoms. The molecule has 1 radical (unpaired) electrons. The second-order valence-corrected chi connectivity index (χ2v) is 5.35. The summed E-state index contributed by atoms with van der Waals surface area (Å²) < 4.78 is 5.16. The monoisotopic (exact) mass is 286 g/mol. The molecule has 0 saturated carbocycles. The van der Waals surface area contributed by atoms with Crippen molar-refractivity contribution in [3.8, 4) is 5.75 Å². The van der Waals surface area contributed by atoms with Gasteiger partial charge in [-0.05, 0) is 44.5 Å². The van der Waals surface area contributed by atoms with Crippen LogP contribution in [0.5, 0.6) is 5.75 Å². The van der Waals surface area contributed by atoms with Crippen molar-refractivity contribution in [2.45, 2.75) is 19.3 Å². The van der Waals surface area contributed by atoms with E-state index in [4.69, 9.17) is 4.74 Å². The van der Waals surface area contributed by atoms with Gasteiger partial charge in [0, 0.05) is 19.0 Å². The second-order valence-electron chi connectivity index (χ2n) is 5.35. The Morgan fingerprint density at radius 3 is 2.90 bits per heavy atom. The highest BCUT2D eigenvalue weighted by Crippen LogP contribution is 2.16. The Hall–Kier alpha value is -1.88. The summed E-state index contributed by atoms with van der Waals surface area (Å²) in [6.07, 6.45) is 5.30. The van der Waals surface area contributed by atoms with Crippen molar-refractivity contribution in [1.29, 1.82) is 0 Å². The van der Waals surface area contributed by atoms with E-state index in [1.54, 1.807) is 13.2 Å². The lowest BCUT2D eigenvalue weighted by molar-refractivity contribution is 0.256. The maximum atomic E-state index is 12.1. The van der Waals surface area contributed by atoms with Crippen LogP contribution in [0.1, 0.15) is 18.5 Å². The Balaban J connectivity index is 1.78. The Kier molecular flexibility index (Phi) is 4.20. The van der Waals surface area contributed by atoms with E-state index in [0.717, 1.165) is 49.3 Å². The molecule has 21 heavy (non-hydrogen) atoms. The van der Waals surface area contributed by atoms with Crippen molar-refractivity contribution in [2.24, 2.45) is 0 Å². The number of aromatic amines is 1. The molecule has 1 aliphatic heterocycles. The first-order chi connectivity index (χ1) is 10.3. The molecule has 1 aliphatic rings. The molecule has 1 N–H and O–H groups in total. The quantitative estimate of drug-likeness (QED) is 0.930. The van der Waals surface area contributed by atoms with Gasteiger partial charge in [0.05, 0.1) is 18.1 Å². The fourth-order valence-electron chi connectivity index (χ4n) is 2.69. The molecule has 0 spiro atoms. The average Bonchev–Trinajstić information content (AvgIpc) is 2.53. The zero-order valence-corrected chi connectivity index (χ0v) is 12.3. The summed E-state index contributed by atoms with van der Waals surface area (Å²) in [7, 11) is 1.61. The van der Waals surface area contributed by atoms with Crippen LogP contribution in [0.15, 0.2) is 23.0 Å². The summed E-state index contributed by atoms with van der Waals surface area (Å²) in [6, 6.07) is 5.54. The third kappa shape index (κ3) is 3.24. The number of nitrogens with one attached hydrogen (secondary N) is 1. The Morgan fingerprint density at radius 1 is 1.33 bits per heavy atom. The average molecular weight is 286 g/mol. The number of rotatable bonds is 4. The van der Waals surface area contributed by atoms with Crippen LogP contribution in [0, 0.1) is 6.42 Å². The zero-order chi connectivity index (χ0) is 14.7. The highest BCUT2D eigenvalue weighted by atomic mass is 16.5. The van der Waals surface area contributed by atoms with Crippen molar-refractivity contribution >= 4 is 11.0 Å². The van der Waals surface area contributed by atoms with Crippen molar-refractivity contribution in [1.82, 2.24) is 14.9 Å². The molecule has 0 atom stereocenters. The zero-order valence-electron chi connectivity index (χ0n) is 12.3. The van der Waals surface area contributed by atoms with Gasteiger partial charge in [0.25, 0.3) is 5.56 Å². The molecule has 3 rings (SSSR count). The van der Waals surface area contributed by atoms with Crippen molar-refractivity contribution in [2.75, 3.05) is 26.7 Å². The van der Waals surface area contributed by atoms with Gasteiger partial charge in [-0.2, -0.15) is 0 Å². The third-order valence-corrected chi connectivity index (χ3v) is 3.93. The number of ether oxygens (including phenoxy) is 1. The summed E-state index contributed by atoms with van der Waals surface area (Å²) in [5.41, 5.74) is 2.04. The molecule has 5 heteroatoms. The maximum absolute atomic E-state index is 12.1. The predicted molar refractivity (Wildman–Crippen MR) is 82.6 cm³/mol. The predicted octanol–water partition coefficient (Wildman–Crippen LogP) is 1.77. The van der Waals surface area contributed by atoms with Gasteiger partial charge >= 0.3 is 0 Å². The molecule has 1 aromatic carbocycles. The maximum Gasteiger partial charge on any atom is 0.270 e. The van der Waals surface area contributed by atoms with Crippen molar-refractivity contribution in [3.05, 3.63) is 40.7 Å². The van der Waals surface area contributed by atoms with Crippen LogP contribution in [0.2, 0.25) is 0 Å². The topological polar surface area (TPSA) is 58.2 Å². The number of aromatic nitrogens is 2. The molecule has 1 aromatic heterocycles. The van der Waals surface area contributed by atoms with Crippen LogP contribution in [0.25, 0.3) is 11.0 Å². The smallest absolute Gasteiger partial charge is 0.270 e. The van der Waals surface area contributed by atoms with Crippen molar-refractivity contribution < 1.29 is 4.74 Å². The Morgan fingerprint density at radius 2 is 2.14 bits per heavy atom. The number of benzene rings is 1. The fraction of sp³-hybridized carbons (Fsp3) is 0.438. The Labute approximate surface area is 124 Å². The first kappa shape index (κ1) is 14.1.